The molecule has 0 nitrogen and oxygen atoms in total. The van der Waals surface area contributed by atoms with E-state index in [2.05, 4.69) is 146 Å². The lowest BCUT2D eigenvalue weighted by molar-refractivity contribution is 0.970. The van der Waals surface area contributed by atoms with Crippen molar-refractivity contribution in [1.82, 2.24) is 0 Å². The van der Waals surface area contributed by atoms with Gasteiger partial charge >= 0.3 is 0 Å². The maximum Gasteiger partial charge on any atom is -0.00640 e. The number of rotatable bonds is 3. The van der Waals surface area contributed by atoms with Gasteiger partial charge in [0, 0.05) is 0 Å². The molecule has 196 valence electrons. The molecule has 0 saturated carbocycles. The predicted molar refractivity (Wildman–Crippen MR) is 180 cm³/mol. The van der Waals surface area contributed by atoms with Gasteiger partial charge in [0.2, 0.25) is 0 Å². The van der Waals surface area contributed by atoms with E-state index in [4.69, 9.17) is 0 Å². The van der Waals surface area contributed by atoms with E-state index in [1.54, 1.807) is 0 Å². The van der Waals surface area contributed by atoms with Crippen LogP contribution in [0.25, 0.3) is 76.5 Å². The summed E-state index contributed by atoms with van der Waals surface area (Å²) in [6.45, 7) is 0. The Morgan fingerprint density at radius 3 is 1.83 bits per heavy atom. The number of aryl methyl sites for hydroxylation is 2. The van der Waals surface area contributed by atoms with Gasteiger partial charge in [-0.1, -0.05) is 140 Å². The third kappa shape index (κ3) is 3.55. The van der Waals surface area contributed by atoms with E-state index in [0.717, 1.165) is 12.8 Å². The molecule has 0 unspecified atom stereocenters. The van der Waals surface area contributed by atoms with Crippen LogP contribution < -0.4 is 0 Å². The summed E-state index contributed by atoms with van der Waals surface area (Å²) in [6.07, 6.45) is 2.15. The highest BCUT2D eigenvalue weighted by molar-refractivity contribution is 6.17. The van der Waals surface area contributed by atoms with Gasteiger partial charge in [0.05, 0.1) is 0 Å². The van der Waals surface area contributed by atoms with E-state index in [1.807, 2.05) is 0 Å². The zero-order valence-corrected chi connectivity index (χ0v) is 23.3. The average molecular weight is 533 g/mol. The quantitative estimate of drug-likeness (QED) is 0.199. The molecule has 0 spiro atoms. The van der Waals surface area contributed by atoms with Crippen LogP contribution in [-0.2, 0) is 12.8 Å². The van der Waals surface area contributed by atoms with Crippen LogP contribution in [0.4, 0.5) is 0 Å². The summed E-state index contributed by atoms with van der Waals surface area (Å²) in [5.74, 6) is 0. The Morgan fingerprint density at radius 2 is 0.976 bits per heavy atom. The van der Waals surface area contributed by atoms with Crippen molar-refractivity contribution < 1.29 is 0 Å². The van der Waals surface area contributed by atoms with Crippen molar-refractivity contribution in [1.29, 1.82) is 0 Å². The van der Waals surface area contributed by atoms with E-state index < -0.39 is 0 Å². The normalized spacial score (nSPS) is 12.6. The number of fused-ring (bicyclic) bond motifs is 2. The van der Waals surface area contributed by atoms with Crippen molar-refractivity contribution in [3.05, 3.63) is 157 Å². The smallest absolute Gasteiger partial charge is 0.00640 e. The molecule has 0 saturated heterocycles. The van der Waals surface area contributed by atoms with Gasteiger partial charge in [-0.2, -0.15) is 0 Å². The number of hydrogen-bond acceptors (Lipinski definition) is 0. The van der Waals surface area contributed by atoms with Gasteiger partial charge in [-0.3, -0.25) is 0 Å². The second-order valence-electron chi connectivity index (χ2n) is 11.6. The van der Waals surface area contributed by atoms with Crippen LogP contribution >= 0.6 is 0 Å². The molecular weight excluding hydrogens is 504 g/mol. The first kappa shape index (κ1) is 23.5. The lowest BCUT2D eigenvalue weighted by atomic mass is 9.80. The number of hydrogen-bond donors (Lipinski definition) is 0. The molecule has 1 aliphatic carbocycles. The Kier molecular flexibility index (Phi) is 5.12. The topological polar surface area (TPSA) is 0 Å². The molecule has 9 rings (SSSR count). The second-order valence-corrected chi connectivity index (χ2v) is 11.6. The zero-order valence-electron chi connectivity index (χ0n) is 23.3. The Hall–Kier alpha value is -5.20. The van der Waals surface area contributed by atoms with E-state index in [1.165, 1.54) is 87.6 Å². The van der Waals surface area contributed by atoms with Crippen LogP contribution in [0.5, 0.6) is 0 Å². The molecule has 8 aromatic carbocycles. The lowest BCUT2D eigenvalue weighted by Gasteiger charge is -2.23. The Balaban J connectivity index is 1.21. The molecule has 0 fully saturated rings. The monoisotopic (exact) mass is 532 g/mol. The van der Waals surface area contributed by atoms with Gasteiger partial charge in [0.1, 0.15) is 0 Å². The molecular formula is C42H28. The molecule has 0 bridgehead atoms. The van der Waals surface area contributed by atoms with Crippen LogP contribution in [-0.4, -0.2) is 0 Å². The van der Waals surface area contributed by atoms with Gasteiger partial charge in [-0.05, 0) is 107 Å². The summed E-state index contributed by atoms with van der Waals surface area (Å²) in [4.78, 5) is 0. The Morgan fingerprint density at radius 1 is 0.333 bits per heavy atom. The maximum absolute atomic E-state index is 2.38. The average Bonchev–Trinajstić information content (AvgIpc) is 3.06. The fraction of sp³-hybridized carbons (Fsp3) is 0.0476. The van der Waals surface area contributed by atoms with Gasteiger partial charge in [-0.25, -0.2) is 0 Å². The Bertz CT molecular complexity index is 2330. The summed E-state index contributed by atoms with van der Waals surface area (Å²) in [7, 11) is 0. The molecule has 42 heavy (non-hydrogen) atoms. The van der Waals surface area contributed by atoms with Gasteiger partial charge in [0.15, 0.2) is 0 Å². The van der Waals surface area contributed by atoms with Crippen LogP contribution in [0.1, 0.15) is 11.1 Å². The van der Waals surface area contributed by atoms with E-state index >= 15 is 0 Å². The fourth-order valence-electron chi connectivity index (χ4n) is 7.32. The van der Waals surface area contributed by atoms with Crippen molar-refractivity contribution in [2.45, 2.75) is 12.8 Å². The molecule has 0 heterocycles. The van der Waals surface area contributed by atoms with E-state index in [0.29, 0.717) is 0 Å². The highest BCUT2D eigenvalue weighted by Crippen LogP contribution is 2.43. The van der Waals surface area contributed by atoms with Crippen LogP contribution in [0.3, 0.4) is 0 Å². The SMILES string of the molecule is c1ccc2cc(-c3ccc4ccc5c(-c6ccc(-c7cccc8ccccc78)cc6)ccc6c5c4c3CC6)ccc2c1. The standard InChI is InChI=1S/C42H28/c1-2-8-33-26-34(17-12-27(33)6-1)38-23-19-32-20-24-39-37(22-18-31-21-25-40(38)42(32)41(31)39)30-15-13-29(14-16-30)36-11-5-9-28-7-3-4-10-35(28)36/h1-20,22-24,26H,21,25H2. The molecule has 8 aromatic rings. The third-order valence-corrected chi connectivity index (χ3v) is 9.36. The lowest BCUT2D eigenvalue weighted by Crippen LogP contribution is -2.04. The highest BCUT2D eigenvalue weighted by atomic mass is 14.2. The first-order valence-electron chi connectivity index (χ1n) is 14.9. The first-order chi connectivity index (χ1) is 20.8. The van der Waals surface area contributed by atoms with Crippen molar-refractivity contribution in [2.24, 2.45) is 0 Å². The van der Waals surface area contributed by atoms with Crippen LogP contribution in [0, 0.1) is 0 Å². The fourth-order valence-corrected chi connectivity index (χ4v) is 7.32. The Labute approximate surface area is 245 Å². The van der Waals surface area contributed by atoms with Crippen LogP contribution in [0.15, 0.2) is 146 Å². The predicted octanol–water partition coefficient (Wildman–Crippen LogP) is 11.4. The zero-order chi connectivity index (χ0) is 27.6. The van der Waals surface area contributed by atoms with Gasteiger partial charge in [0.25, 0.3) is 0 Å². The summed E-state index contributed by atoms with van der Waals surface area (Å²) in [5, 5.41) is 10.7. The highest BCUT2D eigenvalue weighted by Gasteiger charge is 2.20. The molecule has 0 aromatic heterocycles. The van der Waals surface area contributed by atoms with E-state index in [9.17, 15) is 0 Å². The summed E-state index contributed by atoms with van der Waals surface area (Å²) >= 11 is 0. The molecule has 1 aliphatic rings. The minimum absolute atomic E-state index is 1.07. The van der Waals surface area contributed by atoms with Crippen molar-refractivity contribution >= 4 is 43.1 Å². The van der Waals surface area contributed by atoms with E-state index in [-0.39, 0.29) is 0 Å². The van der Waals surface area contributed by atoms with Gasteiger partial charge < -0.3 is 0 Å². The van der Waals surface area contributed by atoms with Crippen molar-refractivity contribution in [3.63, 3.8) is 0 Å². The second kappa shape index (κ2) is 9.16. The molecule has 0 radical (unpaired) electrons. The molecule has 0 N–H and O–H groups in total. The molecule has 0 aliphatic heterocycles. The van der Waals surface area contributed by atoms with Crippen molar-refractivity contribution in [3.8, 4) is 33.4 Å². The minimum atomic E-state index is 1.07. The molecule has 0 amide bonds. The molecule has 0 heteroatoms. The first-order valence-corrected chi connectivity index (χ1v) is 14.9. The summed E-state index contributed by atoms with van der Waals surface area (Å²) < 4.78 is 0. The largest absolute Gasteiger partial charge is 0.0616 e. The summed E-state index contributed by atoms with van der Waals surface area (Å²) in [5.41, 5.74) is 10.8. The molecule has 0 atom stereocenters. The number of benzene rings is 8. The summed E-state index contributed by atoms with van der Waals surface area (Å²) in [6, 6.07) is 54.0. The maximum atomic E-state index is 2.38. The van der Waals surface area contributed by atoms with Crippen LogP contribution in [0.2, 0.25) is 0 Å². The van der Waals surface area contributed by atoms with Crippen molar-refractivity contribution in [2.75, 3.05) is 0 Å². The minimum Gasteiger partial charge on any atom is -0.0616 e. The third-order valence-electron chi connectivity index (χ3n) is 9.36. The van der Waals surface area contributed by atoms with Gasteiger partial charge in [-0.15, -0.1) is 0 Å².